The van der Waals surface area contributed by atoms with Gasteiger partial charge in [-0.2, -0.15) is 5.10 Å². The fraction of sp³-hybridized carbons (Fsp3) is 0.0909. The number of aromatic nitrogens is 2. The molecule has 4 rings (SSSR count). The number of furan rings is 1. The van der Waals surface area contributed by atoms with Crippen LogP contribution in [0.1, 0.15) is 15.9 Å². The predicted octanol–water partition coefficient (Wildman–Crippen LogP) is 4.47. The van der Waals surface area contributed by atoms with Crippen LogP contribution in [-0.4, -0.2) is 37.8 Å². The van der Waals surface area contributed by atoms with Crippen LogP contribution in [0.25, 0.3) is 16.9 Å². The molecule has 152 valence electrons. The molecule has 30 heavy (non-hydrogen) atoms. The molecule has 2 heterocycles. The normalized spacial score (nSPS) is 10.9. The van der Waals surface area contributed by atoms with E-state index in [0.717, 1.165) is 11.6 Å². The van der Waals surface area contributed by atoms with Gasteiger partial charge in [-0.05, 0) is 30.3 Å². The fourth-order valence-electron chi connectivity index (χ4n) is 3.21. The number of phenols is 2. The van der Waals surface area contributed by atoms with Crippen LogP contribution in [-0.2, 0) is 6.54 Å². The number of halogens is 1. The lowest BCUT2D eigenvalue weighted by atomic mass is 10.0. The van der Waals surface area contributed by atoms with Gasteiger partial charge in [-0.1, -0.05) is 23.7 Å². The summed E-state index contributed by atoms with van der Waals surface area (Å²) in [6.07, 6.45) is 4.64. The molecule has 0 saturated carbocycles. The van der Waals surface area contributed by atoms with E-state index in [9.17, 15) is 15.0 Å². The zero-order chi connectivity index (χ0) is 21.3. The van der Waals surface area contributed by atoms with Crippen molar-refractivity contribution < 1.29 is 19.4 Å². The van der Waals surface area contributed by atoms with Gasteiger partial charge in [0.1, 0.15) is 11.5 Å². The standard InChI is InChI=1S/C22H18ClN3O4/c1-25(12-14-7-9-30-13-14)22(29)16-10-15(20(27)11-21(16)28)18-6-8-24-26(18)19-5-3-2-4-17(19)23/h2-11,13,27-28H,12H2,1H3. The Morgan fingerprint density at radius 1 is 1.17 bits per heavy atom. The average Bonchev–Trinajstić information content (AvgIpc) is 3.40. The first-order chi connectivity index (χ1) is 14.5. The Bertz CT molecular complexity index is 1200. The highest BCUT2D eigenvalue weighted by Gasteiger charge is 2.22. The number of nitrogens with zero attached hydrogens (tertiary/aromatic N) is 3. The molecule has 0 fully saturated rings. The van der Waals surface area contributed by atoms with Crippen LogP contribution in [0.5, 0.6) is 11.5 Å². The summed E-state index contributed by atoms with van der Waals surface area (Å²) in [5.74, 6) is -0.904. The first kappa shape index (κ1) is 19.6. The van der Waals surface area contributed by atoms with Gasteiger partial charge in [-0.3, -0.25) is 4.79 Å². The van der Waals surface area contributed by atoms with Crippen molar-refractivity contribution >= 4 is 17.5 Å². The second kappa shape index (κ2) is 7.96. The molecule has 0 atom stereocenters. The van der Waals surface area contributed by atoms with E-state index in [0.29, 0.717) is 28.5 Å². The molecule has 4 aromatic rings. The Morgan fingerprint density at radius 2 is 1.97 bits per heavy atom. The van der Waals surface area contributed by atoms with Crippen molar-refractivity contribution in [3.63, 3.8) is 0 Å². The van der Waals surface area contributed by atoms with Gasteiger partial charge >= 0.3 is 0 Å². The highest BCUT2D eigenvalue weighted by molar-refractivity contribution is 6.32. The summed E-state index contributed by atoms with van der Waals surface area (Å²) in [6.45, 7) is 0.308. The van der Waals surface area contributed by atoms with E-state index in [1.807, 2.05) is 6.07 Å². The average molecular weight is 424 g/mol. The second-order valence-corrected chi connectivity index (χ2v) is 7.17. The number of phenolic OH excluding ortho intramolecular Hbond substituents is 2. The third-order valence-corrected chi connectivity index (χ3v) is 5.01. The van der Waals surface area contributed by atoms with E-state index in [4.69, 9.17) is 16.0 Å². The van der Waals surface area contributed by atoms with Crippen LogP contribution in [0.2, 0.25) is 5.02 Å². The molecule has 0 aliphatic carbocycles. The van der Waals surface area contributed by atoms with Crippen LogP contribution in [0.3, 0.4) is 0 Å². The highest BCUT2D eigenvalue weighted by atomic mass is 35.5. The summed E-state index contributed by atoms with van der Waals surface area (Å²) < 4.78 is 6.60. The second-order valence-electron chi connectivity index (χ2n) is 6.76. The quantitative estimate of drug-likeness (QED) is 0.494. The fourth-order valence-corrected chi connectivity index (χ4v) is 3.43. The van der Waals surface area contributed by atoms with Gasteiger partial charge in [-0.25, -0.2) is 4.68 Å². The Hall–Kier alpha value is -3.71. The van der Waals surface area contributed by atoms with Crippen LogP contribution in [0.4, 0.5) is 0 Å². The van der Waals surface area contributed by atoms with Crippen LogP contribution < -0.4 is 0 Å². The third kappa shape index (κ3) is 3.62. The van der Waals surface area contributed by atoms with Crippen molar-refractivity contribution in [1.29, 1.82) is 0 Å². The largest absolute Gasteiger partial charge is 0.507 e. The molecule has 2 aromatic carbocycles. The molecule has 0 bridgehead atoms. The summed E-state index contributed by atoms with van der Waals surface area (Å²) in [5, 5.41) is 25.6. The maximum absolute atomic E-state index is 12.9. The molecule has 0 saturated heterocycles. The molecule has 0 spiro atoms. The molecule has 0 aliphatic heterocycles. The van der Waals surface area contributed by atoms with E-state index >= 15 is 0 Å². The molecule has 0 unspecified atom stereocenters. The summed E-state index contributed by atoms with van der Waals surface area (Å²) in [6, 6.07) is 13.2. The van der Waals surface area contributed by atoms with E-state index in [1.54, 1.807) is 54.5 Å². The van der Waals surface area contributed by atoms with E-state index in [1.165, 1.54) is 17.2 Å². The van der Waals surface area contributed by atoms with Crippen molar-refractivity contribution in [3.05, 3.63) is 83.4 Å². The topological polar surface area (TPSA) is 91.7 Å². The van der Waals surface area contributed by atoms with Crippen molar-refractivity contribution in [2.75, 3.05) is 7.05 Å². The summed E-state index contributed by atoms with van der Waals surface area (Å²) in [4.78, 5) is 14.4. The minimum atomic E-state index is -0.404. The van der Waals surface area contributed by atoms with E-state index in [2.05, 4.69) is 5.10 Å². The molecular formula is C22H18ClN3O4. The summed E-state index contributed by atoms with van der Waals surface area (Å²) in [7, 11) is 1.62. The van der Waals surface area contributed by atoms with Crippen LogP contribution in [0, 0.1) is 0 Å². The van der Waals surface area contributed by atoms with Crippen molar-refractivity contribution in [3.8, 4) is 28.4 Å². The number of amides is 1. The zero-order valence-corrected chi connectivity index (χ0v) is 16.7. The Morgan fingerprint density at radius 3 is 2.70 bits per heavy atom. The van der Waals surface area contributed by atoms with Gasteiger partial charge in [0.25, 0.3) is 5.91 Å². The maximum Gasteiger partial charge on any atom is 0.257 e. The smallest absolute Gasteiger partial charge is 0.257 e. The van der Waals surface area contributed by atoms with Crippen molar-refractivity contribution in [2.24, 2.45) is 0 Å². The Balaban J connectivity index is 1.74. The Labute approximate surface area is 177 Å². The van der Waals surface area contributed by atoms with Crippen LogP contribution in [0.15, 0.2) is 71.7 Å². The predicted molar refractivity (Wildman–Crippen MR) is 112 cm³/mol. The number of carbonyl (C=O) groups excluding carboxylic acids is 1. The molecule has 8 heteroatoms. The number of benzene rings is 2. The lowest BCUT2D eigenvalue weighted by Crippen LogP contribution is -2.26. The lowest BCUT2D eigenvalue weighted by molar-refractivity contribution is 0.0782. The lowest BCUT2D eigenvalue weighted by Gasteiger charge is -2.18. The molecule has 0 aliphatic rings. The first-order valence-electron chi connectivity index (χ1n) is 9.07. The number of aromatic hydroxyl groups is 2. The first-order valence-corrected chi connectivity index (χ1v) is 9.45. The van der Waals surface area contributed by atoms with Gasteiger partial charge in [0.15, 0.2) is 0 Å². The number of hydrogen-bond acceptors (Lipinski definition) is 5. The third-order valence-electron chi connectivity index (χ3n) is 4.69. The monoisotopic (exact) mass is 423 g/mol. The molecule has 2 N–H and O–H groups in total. The minimum Gasteiger partial charge on any atom is -0.507 e. The van der Waals surface area contributed by atoms with Gasteiger partial charge in [0.05, 0.1) is 40.7 Å². The Kier molecular flexibility index (Phi) is 5.20. The van der Waals surface area contributed by atoms with E-state index < -0.39 is 5.91 Å². The maximum atomic E-state index is 12.9. The molecule has 7 nitrogen and oxygen atoms in total. The molecule has 1 amide bonds. The van der Waals surface area contributed by atoms with E-state index in [-0.39, 0.29) is 17.1 Å². The van der Waals surface area contributed by atoms with Gasteiger partial charge in [0.2, 0.25) is 0 Å². The summed E-state index contributed by atoms with van der Waals surface area (Å²) >= 11 is 6.30. The van der Waals surface area contributed by atoms with Gasteiger partial charge < -0.3 is 19.5 Å². The SMILES string of the molecule is CN(Cc1ccoc1)C(=O)c1cc(-c2ccnn2-c2ccccc2Cl)c(O)cc1O. The van der Waals surface area contributed by atoms with Crippen molar-refractivity contribution in [2.45, 2.75) is 6.54 Å². The van der Waals surface area contributed by atoms with Gasteiger partial charge in [0, 0.05) is 30.8 Å². The molecular weight excluding hydrogens is 406 g/mol. The minimum absolute atomic E-state index is 0.0562. The molecule has 0 radical (unpaired) electrons. The molecule has 2 aromatic heterocycles. The highest BCUT2D eigenvalue weighted by Crippen LogP contribution is 2.37. The van der Waals surface area contributed by atoms with Crippen molar-refractivity contribution in [1.82, 2.24) is 14.7 Å². The number of para-hydroxylation sites is 1. The number of rotatable bonds is 5. The number of carbonyl (C=O) groups is 1. The number of hydrogen-bond donors (Lipinski definition) is 2. The zero-order valence-electron chi connectivity index (χ0n) is 16.0. The van der Waals surface area contributed by atoms with Gasteiger partial charge in [-0.15, -0.1) is 0 Å². The van der Waals surface area contributed by atoms with Crippen LogP contribution >= 0.6 is 11.6 Å². The summed E-state index contributed by atoms with van der Waals surface area (Å²) in [5.41, 5.74) is 2.36.